The maximum atomic E-state index is 12.7. The number of benzene rings is 1. The monoisotopic (exact) mass is 314 g/mol. The minimum absolute atomic E-state index is 0.222. The third-order valence-electron chi connectivity index (χ3n) is 2.02. The Bertz CT molecular complexity index is 537. The zero-order valence-corrected chi connectivity index (χ0v) is 9.83. The number of fused-ring (bicyclic) bond motifs is 1. The molecule has 0 aliphatic rings. The molecule has 2 rings (SSSR count). The number of hydrogen-bond acceptors (Lipinski definition) is 2. The zero-order chi connectivity index (χ0) is 11.9. The van der Waals surface area contributed by atoms with E-state index in [-0.39, 0.29) is 23.2 Å². The van der Waals surface area contributed by atoms with Gasteiger partial charge >= 0.3 is 6.18 Å². The molecular weight excluding hydrogens is 312 g/mol. The Balaban J connectivity index is 2.84. The van der Waals surface area contributed by atoms with Crippen molar-refractivity contribution in [1.82, 2.24) is 9.19 Å². The van der Waals surface area contributed by atoms with Gasteiger partial charge in [0.2, 0.25) is 0 Å². The molecule has 1 aromatic carbocycles. The highest BCUT2D eigenvalue weighted by molar-refractivity contribution is 9.10. The second-order valence-electron chi connectivity index (χ2n) is 2.94. The molecule has 0 saturated carbocycles. The lowest BCUT2D eigenvalue weighted by molar-refractivity contribution is -0.136. The first-order valence-electron chi connectivity index (χ1n) is 3.97. The van der Waals surface area contributed by atoms with Crippen molar-refractivity contribution >= 4 is 39.2 Å². The molecule has 0 amide bonds. The molecule has 0 atom stereocenters. The van der Waals surface area contributed by atoms with Crippen LogP contribution in [0.4, 0.5) is 17.1 Å². The van der Waals surface area contributed by atoms with Gasteiger partial charge in [0.15, 0.2) is 12.3 Å². The SMILES string of the molecule is FSn1ncc2c(Br)ccc(C(F)(F)F)c21. The molecular formula is C8H3BrF4N2S. The van der Waals surface area contributed by atoms with Gasteiger partial charge in [-0.05, 0) is 12.1 Å². The molecule has 0 bridgehead atoms. The summed E-state index contributed by atoms with van der Waals surface area (Å²) in [5, 5.41) is 3.75. The molecule has 0 fully saturated rings. The van der Waals surface area contributed by atoms with E-state index in [2.05, 4.69) is 21.0 Å². The molecule has 0 saturated heterocycles. The second-order valence-corrected chi connectivity index (χ2v) is 4.28. The van der Waals surface area contributed by atoms with Crippen LogP contribution in [-0.2, 0) is 6.18 Å². The second kappa shape index (κ2) is 3.92. The highest BCUT2D eigenvalue weighted by Gasteiger charge is 2.34. The number of halogens is 5. The Morgan fingerprint density at radius 2 is 2.00 bits per heavy atom. The lowest BCUT2D eigenvalue weighted by atomic mass is 10.1. The average Bonchev–Trinajstić information content (AvgIpc) is 2.60. The molecule has 1 heterocycles. The number of alkyl halides is 3. The predicted molar refractivity (Wildman–Crippen MR) is 56.5 cm³/mol. The minimum atomic E-state index is -4.54. The van der Waals surface area contributed by atoms with E-state index < -0.39 is 11.7 Å². The molecule has 0 spiro atoms. The van der Waals surface area contributed by atoms with E-state index in [0.29, 0.717) is 8.56 Å². The van der Waals surface area contributed by atoms with Gasteiger partial charge in [-0.1, -0.05) is 15.9 Å². The van der Waals surface area contributed by atoms with Gasteiger partial charge in [0, 0.05) is 9.86 Å². The van der Waals surface area contributed by atoms with E-state index in [1.165, 1.54) is 12.3 Å². The van der Waals surface area contributed by atoms with Crippen LogP contribution in [0.5, 0.6) is 0 Å². The summed E-state index contributed by atoms with van der Waals surface area (Å²) in [5.41, 5.74) is -1.19. The number of nitrogens with zero attached hydrogens (tertiary/aromatic N) is 2. The standard InChI is InChI=1S/C8H3BrF4N2S/c9-6-2-1-5(8(10,11)12)7-4(6)3-14-15(7)16-13/h1-3H. The van der Waals surface area contributed by atoms with Gasteiger partial charge in [0.25, 0.3) is 0 Å². The van der Waals surface area contributed by atoms with E-state index >= 15 is 0 Å². The van der Waals surface area contributed by atoms with Gasteiger partial charge < -0.3 is 0 Å². The molecule has 0 aliphatic heterocycles. The molecule has 16 heavy (non-hydrogen) atoms. The van der Waals surface area contributed by atoms with E-state index in [9.17, 15) is 17.1 Å². The smallest absolute Gasteiger partial charge is 0.176 e. The average molecular weight is 315 g/mol. The minimum Gasteiger partial charge on any atom is -0.176 e. The third-order valence-corrected chi connectivity index (χ3v) is 3.12. The van der Waals surface area contributed by atoms with Gasteiger partial charge in [0.05, 0.1) is 17.3 Å². The lowest BCUT2D eigenvalue weighted by Gasteiger charge is -2.09. The topological polar surface area (TPSA) is 17.8 Å². The van der Waals surface area contributed by atoms with Crippen LogP contribution in [0.3, 0.4) is 0 Å². The maximum absolute atomic E-state index is 12.7. The van der Waals surface area contributed by atoms with Crippen LogP contribution in [0, 0.1) is 0 Å². The summed E-state index contributed by atoms with van der Waals surface area (Å²) in [6.07, 6.45) is -3.35. The van der Waals surface area contributed by atoms with Crippen LogP contribution in [-0.4, -0.2) is 9.19 Å². The molecule has 86 valence electrons. The van der Waals surface area contributed by atoms with Crippen LogP contribution >= 0.6 is 28.3 Å². The lowest BCUT2D eigenvalue weighted by Crippen LogP contribution is -2.07. The first-order chi connectivity index (χ1) is 7.45. The Morgan fingerprint density at radius 3 is 2.56 bits per heavy atom. The van der Waals surface area contributed by atoms with Crippen LogP contribution in [0.15, 0.2) is 22.8 Å². The molecule has 0 N–H and O–H groups in total. The highest BCUT2D eigenvalue weighted by Crippen LogP contribution is 2.38. The van der Waals surface area contributed by atoms with Crippen molar-refractivity contribution in [3.8, 4) is 0 Å². The van der Waals surface area contributed by atoms with Crippen LogP contribution in [0.2, 0.25) is 0 Å². The summed E-state index contributed by atoms with van der Waals surface area (Å²) >= 11 is 2.72. The predicted octanol–water partition coefficient (Wildman–Crippen LogP) is 4.20. The summed E-state index contributed by atoms with van der Waals surface area (Å²) in [5.74, 6) is 0. The van der Waals surface area contributed by atoms with Gasteiger partial charge in [-0.2, -0.15) is 22.4 Å². The van der Waals surface area contributed by atoms with Gasteiger partial charge in [0.1, 0.15) is 0 Å². The van der Waals surface area contributed by atoms with Crippen molar-refractivity contribution < 1.29 is 17.1 Å². The largest absolute Gasteiger partial charge is 0.418 e. The van der Waals surface area contributed by atoms with Crippen molar-refractivity contribution in [1.29, 1.82) is 0 Å². The van der Waals surface area contributed by atoms with Gasteiger partial charge in [-0.3, -0.25) is 0 Å². The van der Waals surface area contributed by atoms with Gasteiger partial charge in [-0.25, -0.2) is 0 Å². The summed E-state index contributed by atoms with van der Waals surface area (Å²) in [4.78, 5) is 0. The normalized spacial score (nSPS) is 12.3. The zero-order valence-electron chi connectivity index (χ0n) is 7.42. The van der Waals surface area contributed by atoms with Crippen molar-refractivity contribution in [3.63, 3.8) is 0 Å². The Labute approximate surface area is 100 Å². The molecule has 0 unspecified atom stereocenters. The van der Waals surface area contributed by atoms with Gasteiger partial charge in [-0.15, -0.1) is 3.89 Å². The molecule has 0 aliphatic carbocycles. The Hall–Kier alpha value is -0.760. The third kappa shape index (κ3) is 1.80. The first-order valence-corrected chi connectivity index (χ1v) is 5.44. The highest BCUT2D eigenvalue weighted by atomic mass is 79.9. The maximum Gasteiger partial charge on any atom is 0.418 e. The van der Waals surface area contributed by atoms with Crippen LogP contribution < -0.4 is 0 Å². The van der Waals surface area contributed by atoms with Crippen molar-refractivity contribution in [2.75, 3.05) is 0 Å². The van der Waals surface area contributed by atoms with E-state index in [4.69, 9.17) is 0 Å². The van der Waals surface area contributed by atoms with Crippen molar-refractivity contribution in [3.05, 3.63) is 28.4 Å². The van der Waals surface area contributed by atoms with E-state index in [0.717, 1.165) is 6.07 Å². The first kappa shape index (κ1) is 11.7. The van der Waals surface area contributed by atoms with Crippen molar-refractivity contribution in [2.24, 2.45) is 0 Å². The summed E-state index contributed by atoms with van der Waals surface area (Å²) < 4.78 is 51.4. The fourth-order valence-corrected chi connectivity index (χ4v) is 2.13. The molecule has 1 aromatic heterocycles. The van der Waals surface area contributed by atoms with Crippen LogP contribution in [0.25, 0.3) is 10.9 Å². The molecule has 8 heteroatoms. The molecule has 2 aromatic rings. The number of rotatable bonds is 1. The summed E-state index contributed by atoms with van der Waals surface area (Å²) in [6, 6.07) is 2.15. The quantitative estimate of drug-likeness (QED) is 0.734. The Morgan fingerprint density at radius 1 is 1.31 bits per heavy atom. The van der Waals surface area contributed by atoms with Crippen molar-refractivity contribution in [2.45, 2.75) is 6.18 Å². The Kier molecular flexibility index (Phi) is 2.87. The summed E-state index contributed by atoms with van der Waals surface area (Å²) in [7, 11) is 0. The number of hydrogen-bond donors (Lipinski definition) is 0. The number of aromatic nitrogens is 2. The summed E-state index contributed by atoms with van der Waals surface area (Å²) in [6.45, 7) is 0. The fourth-order valence-electron chi connectivity index (χ4n) is 1.36. The van der Waals surface area contributed by atoms with E-state index in [1.807, 2.05) is 0 Å². The van der Waals surface area contributed by atoms with E-state index in [1.54, 1.807) is 0 Å². The molecule has 0 radical (unpaired) electrons. The molecule has 2 nitrogen and oxygen atoms in total. The van der Waals surface area contributed by atoms with Crippen LogP contribution in [0.1, 0.15) is 5.56 Å². The fraction of sp³-hybridized carbons (Fsp3) is 0.125.